The zero-order chi connectivity index (χ0) is 12.8. The van der Waals surface area contributed by atoms with Gasteiger partial charge in [-0.3, -0.25) is 9.59 Å². The zero-order valence-electron chi connectivity index (χ0n) is 8.95. The topological polar surface area (TPSA) is 72.2 Å². The summed E-state index contributed by atoms with van der Waals surface area (Å²) >= 11 is 11.2. The van der Waals surface area contributed by atoms with Crippen molar-refractivity contribution in [2.75, 3.05) is 5.88 Å². The fourth-order valence-corrected chi connectivity index (χ4v) is 1.69. The molecule has 0 fully saturated rings. The smallest absolute Gasteiger partial charge is 0.235 e. The molecule has 3 N–H and O–H groups in total. The van der Waals surface area contributed by atoms with Crippen molar-refractivity contribution in [1.82, 2.24) is 5.32 Å². The molecular weight excluding hydrogens is 263 g/mol. The zero-order valence-corrected chi connectivity index (χ0v) is 10.5. The number of carbonyl (C=O) groups is 2. The van der Waals surface area contributed by atoms with Crippen LogP contribution in [0, 0.1) is 0 Å². The van der Waals surface area contributed by atoms with Gasteiger partial charge in [0.1, 0.15) is 5.88 Å². The van der Waals surface area contributed by atoms with Crippen molar-refractivity contribution in [2.45, 2.75) is 12.5 Å². The maximum Gasteiger partial charge on any atom is 0.235 e. The summed E-state index contributed by atoms with van der Waals surface area (Å²) in [5.41, 5.74) is 5.85. The largest absolute Gasteiger partial charge is 0.370 e. The Morgan fingerprint density at radius 1 is 1.41 bits per heavy atom. The molecule has 0 aliphatic rings. The number of nitrogens with one attached hydrogen (secondary N) is 1. The van der Waals surface area contributed by atoms with Crippen LogP contribution < -0.4 is 11.1 Å². The Bertz CT molecular complexity index is 424. The number of hydrogen-bond donors (Lipinski definition) is 2. The molecule has 1 atom stereocenters. The van der Waals surface area contributed by atoms with E-state index in [1.54, 1.807) is 24.3 Å². The molecule has 0 aliphatic carbocycles. The summed E-state index contributed by atoms with van der Waals surface area (Å²) in [6.07, 6.45) is 0.00295. The molecule has 92 valence electrons. The monoisotopic (exact) mass is 274 g/mol. The van der Waals surface area contributed by atoms with Crippen LogP contribution in [0.15, 0.2) is 24.3 Å². The molecule has 17 heavy (non-hydrogen) atoms. The summed E-state index contributed by atoms with van der Waals surface area (Å²) in [7, 11) is 0. The van der Waals surface area contributed by atoms with Gasteiger partial charge in [-0.15, -0.1) is 11.6 Å². The minimum Gasteiger partial charge on any atom is -0.370 e. The fraction of sp³-hybridized carbons (Fsp3) is 0.273. The van der Waals surface area contributed by atoms with Gasteiger partial charge in [-0.2, -0.15) is 0 Å². The third-order valence-electron chi connectivity index (χ3n) is 2.11. The van der Waals surface area contributed by atoms with E-state index in [9.17, 15) is 9.59 Å². The third kappa shape index (κ3) is 4.63. The minimum atomic E-state index is -0.509. The van der Waals surface area contributed by atoms with Crippen LogP contribution in [0.1, 0.15) is 18.0 Å². The maximum absolute atomic E-state index is 11.2. The summed E-state index contributed by atoms with van der Waals surface area (Å²) in [6.45, 7) is 0. The Kier molecular flexibility index (Phi) is 5.25. The second-order valence-electron chi connectivity index (χ2n) is 3.48. The quantitative estimate of drug-likeness (QED) is 0.801. The second kappa shape index (κ2) is 6.47. The summed E-state index contributed by atoms with van der Waals surface area (Å²) in [4.78, 5) is 22.2. The highest BCUT2D eigenvalue weighted by molar-refractivity contribution is 6.30. The van der Waals surface area contributed by atoms with Crippen LogP contribution in [0.5, 0.6) is 0 Å². The van der Waals surface area contributed by atoms with E-state index in [1.807, 2.05) is 0 Å². The SMILES string of the molecule is NC(=O)C[C@@H](NC(=O)CCl)c1cccc(Cl)c1. The first-order valence-corrected chi connectivity index (χ1v) is 5.83. The van der Waals surface area contributed by atoms with Crippen molar-refractivity contribution in [2.24, 2.45) is 5.73 Å². The highest BCUT2D eigenvalue weighted by Gasteiger charge is 2.16. The number of halogens is 2. The van der Waals surface area contributed by atoms with Gasteiger partial charge >= 0.3 is 0 Å². The molecule has 0 aromatic heterocycles. The number of amides is 2. The molecular formula is C11H12Cl2N2O2. The van der Waals surface area contributed by atoms with E-state index < -0.39 is 11.9 Å². The van der Waals surface area contributed by atoms with Gasteiger partial charge in [-0.25, -0.2) is 0 Å². The molecule has 1 aromatic carbocycles. The normalized spacial score (nSPS) is 11.9. The molecule has 4 nitrogen and oxygen atoms in total. The number of nitrogens with two attached hydrogens (primary N) is 1. The van der Waals surface area contributed by atoms with E-state index in [0.29, 0.717) is 5.02 Å². The molecule has 0 saturated carbocycles. The van der Waals surface area contributed by atoms with Gasteiger partial charge in [0.25, 0.3) is 0 Å². The van der Waals surface area contributed by atoms with E-state index in [2.05, 4.69) is 5.32 Å². The molecule has 0 radical (unpaired) electrons. The Labute approximate surface area is 109 Å². The van der Waals surface area contributed by atoms with Crippen LogP contribution in [-0.2, 0) is 9.59 Å². The van der Waals surface area contributed by atoms with E-state index in [1.165, 1.54) is 0 Å². The standard InChI is InChI=1S/C11H12Cl2N2O2/c12-6-11(17)15-9(5-10(14)16)7-2-1-3-8(13)4-7/h1-4,9H,5-6H2,(H2,14,16)(H,15,17)/t9-/m1/s1. The number of carbonyl (C=O) groups excluding carboxylic acids is 2. The molecule has 0 saturated heterocycles. The van der Waals surface area contributed by atoms with Crippen molar-refractivity contribution < 1.29 is 9.59 Å². The number of benzene rings is 1. The summed E-state index contributed by atoms with van der Waals surface area (Å²) in [6, 6.07) is 6.36. The van der Waals surface area contributed by atoms with Gasteiger partial charge in [0.05, 0.1) is 12.5 Å². The van der Waals surface area contributed by atoms with Gasteiger partial charge < -0.3 is 11.1 Å². The molecule has 1 rings (SSSR count). The molecule has 0 aliphatic heterocycles. The van der Waals surface area contributed by atoms with Gasteiger partial charge in [-0.1, -0.05) is 23.7 Å². The lowest BCUT2D eigenvalue weighted by Gasteiger charge is -2.17. The van der Waals surface area contributed by atoms with Crippen LogP contribution in [0.3, 0.4) is 0 Å². The first kappa shape index (κ1) is 13.8. The first-order chi connectivity index (χ1) is 8.02. The van der Waals surface area contributed by atoms with Crippen LogP contribution in [0.2, 0.25) is 5.02 Å². The highest BCUT2D eigenvalue weighted by atomic mass is 35.5. The molecule has 1 aromatic rings. The Morgan fingerprint density at radius 3 is 2.65 bits per heavy atom. The summed E-state index contributed by atoms with van der Waals surface area (Å²) in [5.74, 6) is -1.04. The Morgan fingerprint density at radius 2 is 2.12 bits per heavy atom. The van der Waals surface area contributed by atoms with Crippen molar-refractivity contribution in [3.8, 4) is 0 Å². The Hall–Kier alpha value is -1.26. The predicted molar refractivity (Wildman–Crippen MR) is 66.9 cm³/mol. The second-order valence-corrected chi connectivity index (χ2v) is 4.18. The van der Waals surface area contributed by atoms with Crippen LogP contribution in [0.25, 0.3) is 0 Å². The van der Waals surface area contributed by atoms with E-state index in [-0.39, 0.29) is 18.2 Å². The summed E-state index contributed by atoms with van der Waals surface area (Å²) < 4.78 is 0. The van der Waals surface area contributed by atoms with Crippen LogP contribution in [0.4, 0.5) is 0 Å². The lowest BCUT2D eigenvalue weighted by molar-refractivity contribution is -0.120. The average molecular weight is 275 g/mol. The van der Waals surface area contributed by atoms with Gasteiger partial charge in [0.2, 0.25) is 11.8 Å². The van der Waals surface area contributed by atoms with E-state index in [4.69, 9.17) is 28.9 Å². The van der Waals surface area contributed by atoms with Crippen LogP contribution in [-0.4, -0.2) is 17.7 Å². The molecule has 0 bridgehead atoms. The predicted octanol–water partition coefficient (Wildman–Crippen LogP) is 1.61. The van der Waals surface area contributed by atoms with Gasteiger partial charge in [0, 0.05) is 5.02 Å². The lowest BCUT2D eigenvalue weighted by atomic mass is 10.0. The van der Waals surface area contributed by atoms with Crippen molar-refractivity contribution >= 4 is 35.0 Å². The number of alkyl halides is 1. The molecule has 0 heterocycles. The lowest BCUT2D eigenvalue weighted by Crippen LogP contribution is -2.32. The molecule has 6 heteroatoms. The fourth-order valence-electron chi connectivity index (χ4n) is 1.41. The highest BCUT2D eigenvalue weighted by Crippen LogP contribution is 2.20. The summed E-state index contributed by atoms with van der Waals surface area (Å²) in [5, 5.41) is 3.14. The first-order valence-electron chi connectivity index (χ1n) is 4.92. The van der Waals surface area contributed by atoms with E-state index in [0.717, 1.165) is 5.56 Å². The van der Waals surface area contributed by atoms with Gasteiger partial charge in [-0.05, 0) is 17.7 Å². The molecule has 0 unspecified atom stereocenters. The number of primary amides is 1. The van der Waals surface area contributed by atoms with Crippen molar-refractivity contribution in [1.29, 1.82) is 0 Å². The van der Waals surface area contributed by atoms with Crippen molar-refractivity contribution in [3.63, 3.8) is 0 Å². The van der Waals surface area contributed by atoms with Gasteiger partial charge in [0.15, 0.2) is 0 Å². The Balaban J connectivity index is 2.89. The maximum atomic E-state index is 11.2. The van der Waals surface area contributed by atoms with Crippen LogP contribution >= 0.6 is 23.2 Å². The molecule has 0 spiro atoms. The van der Waals surface area contributed by atoms with Crippen molar-refractivity contribution in [3.05, 3.63) is 34.9 Å². The number of hydrogen-bond acceptors (Lipinski definition) is 2. The average Bonchev–Trinajstić information content (AvgIpc) is 2.27. The molecule has 2 amide bonds. The number of rotatable bonds is 5. The third-order valence-corrected chi connectivity index (χ3v) is 2.59. The minimum absolute atomic E-state index is 0.00295. The van der Waals surface area contributed by atoms with E-state index >= 15 is 0 Å².